The Morgan fingerprint density at radius 2 is 2.12 bits per heavy atom. The van der Waals surface area contributed by atoms with Crippen LogP contribution in [0, 0.1) is 0 Å². The van der Waals surface area contributed by atoms with E-state index in [2.05, 4.69) is 20.5 Å². The third kappa shape index (κ3) is 3.58. The van der Waals surface area contributed by atoms with Crippen LogP contribution in [0.25, 0.3) is 10.9 Å². The first-order valence-electron chi connectivity index (χ1n) is 8.28. The van der Waals surface area contributed by atoms with Gasteiger partial charge in [-0.3, -0.25) is 14.2 Å². The van der Waals surface area contributed by atoms with E-state index in [1.54, 1.807) is 10.6 Å². The SMILES string of the molecule is O=C(CCCn1cnc2ccccc2c1=O)Nc1nnc(C2CC2)s1. The van der Waals surface area contributed by atoms with Crippen LogP contribution in [0.4, 0.5) is 5.13 Å². The van der Waals surface area contributed by atoms with E-state index in [4.69, 9.17) is 0 Å². The average Bonchev–Trinajstić information content (AvgIpc) is 3.37. The van der Waals surface area contributed by atoms with Gasteiger partial charge in [0, 0.05) is 18.9 Å². The van der Waals surface area contributed by atoms with Crippen molar-refractivity contribution in [1.29, 1.82) is 0 Å². The van der Waals surface area contributed by atoms with Crippen molar-refractivity contribution in [1.82, 2.24) is 19.7 Å². The van der Waals surface area contributed by atoms with Crippen molar-refractivity contribution in [3.63, 3.8) is 0 Å². The summed E-state index contributed by atoms with van der Waals surface area (Å²) >= 11 is 1.45. The van der Waals surface area contributed by atoms with Crippen molar-refractivity contribution in [2.45, 2.75) is 38.1 Å². The Labute approximate surface area is 147 Å². The number of para-hydroxylation sites is 1. The van der Waals surface area contributed by atoms with Crippen LogP contribution in [0.3, 0.4) is 0 Å². The smallest absolute Gasteiger partial charge is 0.261 e. The van der Waals surface area contributed by atoms with E-state index in [1.807, 2.05) is 18.2 Å². The fraction of sp³-hybridized carbons (Fsp3) is 0.353. The van der Waals surface area contributed by atoms with E-state index in [0.29, 0.717) is 41.3 Å². The number of benzene rings is 1. The molecule has 0 aliphatic heterocycles. The number of rotatable bonds is 6. The first-order valence-corrected chi connectivity index (χ1v) is 9.10. The van der Waals surface area contributed by atoms with E-state index in [-0.39, 0.29) is 11.5 Å². The summed E-state index contributed by atoms with van der Waals surface area (Å²) in [6.45, 7) is 0.452. The molecule has 1 aliphatic rings. The topological polar surface area (TPSA) is 89.8 Å². The van der Waals surface area contributed by atoms with Gasteiger partial charge in [0.05, 0.1) is 17.2 Å². The Morgan fingerprint density at radius 1 is 1.28 bits per heavy atom. The molecule has 0 radical (unpaired) electrons. The normalized spacial score (nSPS) is 13.9. The highest BCUT2D eigenvalue weighted by atomic mass is 32.1. The van der Waals surface area contributed by atoms with Gasteiger partial charge < -0.3 is 5.32 Å². The average molecular weight is 355 g/mol. The lowest BCUT2D eigenvalue weighted by Gasteiger charge is -2.06. The number of anilines is 1. The second kappa shape index (κ2) is 6.72. The summed E-state index contributed by atoms with van der Waals surface area (Å²) in [5.41, 5.74) is 0.605. The van der Waals surface area contributed by atoms with Gasteiger partial charge in [0.2, 0.25) is 11.0 Å². The molecule has 1 aromatic carbocycles. The lowest BCUT2D eigenvalue weighted by molar-refractivity contribution is -0.116. The van der Waals surface area contributed by atoms with Gasteiger partial charge in [0.25, 0.3) is 5.56 Å². The number of nitrogens with one attached hydrogen (secondary N) is 1. The molecule has 128 valence electrons. The summed E-state index contributed by atoms with van der Waals surface area (Å²) in [5.74, 6) is 0.427. The Hall–Kier alpha value is -2.61. The quantitative estimate of drug-likeness (QED) is 0.734. The molecule has 7 nitrogen and oxygen atoms in total. The number of carbonyl (C=O) groups excluding carboxylic acids is 1. The zero-order valence-electron chi connectivity index (χ0n) is 13.5. The molecule has 3 aromatic rings. The number of carbonyl (C=O) groups is 1. The second-order valence-electron chi connectivity index (χ2n) is 6.13. The standard InChI is InChI=1S/C17H17N5O2S/c23-14(19-17-21-20-15(25-17)11-7-8-11)6-3-9-22-10-18-13-5-2-1-4-12(13)16(22)24/h1-2,4-5,10-11H,3,6-9H2,(H,19,21,23). The molecule has 0 atom stereocenters. The maximum atomic E-state index is 12.4. The van der Waals surface area contributed by atoms with Crippen LogP contribution in [-0.2, 0) is 11.3 Å². The Morgan fingerprint density at radius 3 is 2.96 bits per heavy atom. The summed E-state index contributed by atoms with van der Waals surface area (Å²) in [6.07, 6.45) is 4.74. The van der Waals surface area contributed by atoms with Crippen molar-refractivity contribution in [2.24, 2.45) is 0 Å². The van der Waals surface area contributed by atoms with Crippen LogP contribution in [0.2, 0.25) is 0 Å². The fourth-order valence-electron chi connectivity index (χ4n) is 2.64. The van der Waals surface area contributed by atoms with Crippen molar-refractivity contribution >= 4 is 33.3 Å². The number of aryl methyl sites for hydroxylation is 1. The van der Waals surface area contributed by atoms with Gasteiger partial charge >= 0.3 is 0 Å². The molecule has 8 heteroatoms. The highest BCUT2D eigenvalue weighted by Crippen LogP contribution is 2.42. The van der Waals surface area contributed by atoms with Gasteiger partial charge in [0.15, 0.2) is 0 Å². The van der Waals surface area contributed by atoms with Gasteiger partial charge in [-0.1, -0.05) is 23.5 Å². The van der Waals surface area contributed by atoms with Crippen molar-refractivity contribution in [3.05, 3.63) is 46.0 Å². The van der Waals surface area contributed by atoms with E-state index in [1.165, 1.54) is 17.7 Å². The fourth-order valence-corrected chi connectivity index (χ4v) is 3.57. The number of hydrogen-bond donors (Lipinski definition) is 1. The maximum absolute atomic E-state index is 12.4. The van der Waals surface area contributed by atoms with E-state index in [0.717, 1.165) is 17.8 Å². The molecule has 1 N–H and O–H groups in total. The first-order chi connectivity index (χ1) is 12.2. The van der Waals surface area contributed by atoms with Gasteiger partial charge in [-0.05, 0) is 31.4 Å². The molecule has 1 saturated carbocycles. The van der Waals surface area contributed by atoms with Gasteiger partial charge in [-0.15, -0.1) is 10.2 Å². The number of nitrogens with zero attached hydrogens (tertiary/aromatic N) is 4. The molecule has 0 spiro atoms. The number of amides is 1. The van der Waals surface area contributed by atoms with Crippen molar-refractivity contribution in [3.8, 4) is 0 Å². The number of fused-ring (bicyclic) bond motifs is 1. The minimum Gasteiger partial charge on any atom is -0.301 e. The van der Waals surface area contributed by atoms with Crippen LogP contribution in [0.5, 0.6) is 0 Å². The molecule has 4 rings (SSSR count). The molecule has 2 heterocycles. The molecule has 2 aromatic heterocycles. The van der Waals surface area contributed by atoms with Gasteiger partial charge in [0.1, 0.15) is 5.01 Å². The summed E-state index contributed by atoms with van der Waals surface area (Å²) in [6, 6.07) is 7.25. The predicted octanol–water partition coefficient (Wildman–Crippen LogP) is 2.54. The molecule has 0 bridgehead atoms. The molecule has 25 heavy (non-hydrogen) atoms. The van der Waals surface area contributed by atoms with Crippen LogP contribution in [-0.4, -0.2) is 25.7 Å². The van der Waals surface area contributed by atoms with Crippen LogP contribution in [0.1, 0.15) is 36.6 Å². The minimum absolute atomic E-state index is 0.0794. The monoisotopic (exact) mass is 355 g/mol. The lowest BCUT2D eigenvalue weighted by atomic mass is 10.2. The summed E-state index contributed by atoms with van der Waals surface area (Å²) in [5, 5.41) is 13.0. The van der Waals surface area contributed by atoms with Gasteiger partial charge in [-0.2, -0.15) is 0 Å². The molecular formula is C17H17N5O2S. The molecule has 0 saturated heterocycles. The summed E-state index contributed by atoms with van der Waals surface area (Å²) in [7, 11) is 0. The predicted molar refractivity (Wildman–Crippen MR) is 95.8 cm³/mol. The third-order valence-electron chi connectivity index (χ3n) is 4.15. The van der Waals surface area contributed by atoms with Crippen molar-refractivity contribution < 1.29 is 4.79 Å². The van der Waals surface area contributed by atoms with Gasteiger partial charge in [-0.25, -0.2) is 4.98 Å². The van der Waals surface area contributed by atoms with Crippen LogP contribution >= 0.6 is 11.3 Å². The minimum atomic E-state index is -0.111. The van der Waals surface area contributed by atoms with Crippen molar-refractivity contribution in [2.75, 3.05) is 5.32 Å². The molecule has 0 unspecified atom stereocenters. The second-order valence-corrected chi connectivity index (χ2v) is 7.14. The van der Waals surface area contributed by atoms with E-state index < -0.39 is 0 Å². The molecular weight excluding hydrogens is 338 g/mol. The summed E-state index contributed by atoms with van der Waals surface area (Å²) < 4.78 is 1.55. The molecule has 1 amide bonds. The van der Waals surface area contributed by atoms with Crippen LogP contribution in [0.15, 0.2) is 35.4 Å². The van der Waals surface area contributed by atoms with E-state index in [9.17, 15) is 9.59 Å². The Balaban J connectivity index is 1.33. The Bertz CT molecular complexity index is 976. The number of aromatic nitrogens is 4. The highest BCUT2D eigenvalue weighted by Gasteiger charge is 2.27. The highest BCUT2D eigenvalue weighted by molar-refractivity contribution is 7.15. The first kappa shape index (κ1) is 15.9. The number of hydrogen-bond acceptors (Lipinski definition) is 6. The Kier molecular flexibility index (Phi) is 4.27. The summed E-state index contributed by atoms with van der Waals surface area (Å²) in [4.78, 5) is 28.7. The zero-order chi connectivity index (χ0) is 17.2. The van der Waals surface area contributed by atoms with E-state index >= 15 is 0 Å². The lowest BCUT2D eigenvalue weighted by Crippen LogP contribution is -2.21. The third-order valence-corrected chi connectivity index (χ3v) is 5.15. The zero-order valence-corrected chi connectivity index (χ0v) is 14.3. The molecule has 1 fully saturated rings. The van der Waals surface area contributed by atoms with Crippen LogP contribution < -0.4 is 10.9 Å². The largest absolute Gasteiger partial charge is 0.301 e. The molecule has 1 aliphatic carbocycles. The maximum Gasteiger partial charge on any atom is 0.261 e.